The first-order valence-electron chi connectivity index (χ1n) is 9.02. The molecular weight excluding hydrogens is 352 g/mol. The van der Waals surface area contributed by atoms with Crippen LogP contribution in [-0.2, 0) is 9.47 Å². The highest BCUT2D eigenvalue weighted by Crippen LogP contribution is 2.54. The fourth-order valence-corrected chi connectivity index (χ4v) is 4.48. The molecule has 0 amide bonds. The van der Waals surface area contributed by atoms with Gasteiger partial charge in [-0.2, -0.15) is 0 Å². The second-order valence-corrected chi connectivity index (χ2v) is 7.17. The molecule has 2 aromatic carbocycles. The van der Waals surface area contributed by atoms with Crippen molar-refractivity contribution in [1.82, 2.24) is 0 Å². The summed E-state index contributed by atoms with van der Waals surface area (Å²) in [6.07, 6.45) is -1.40. The van der Waals surface area contributed by atoms with Crippen molar-refractivity contribution in [3.8, 4) is 23.0 Å². The number of ether oxygens (including phenoxy) is 6. The van der Waals surface area contributed by atoms with Crippen LogP contribution in [0, 0.1) is 11.8 Å². The predicted molar refractivity (Wildman–Crippen MR) is 90.6 cm³/mol. The summed E-state index contributed by atoms with van der Waals surface area (Å²) in [6.45, 7) is 0.975. The molecule has 6 rings (SSSR count). The normalized spacial score (nSPS) is 32.7. The Morgan fingerprint density at radius 2 is 1.33 bits per heavy atom. The summed E-state index contributed by atoms with van der Waals surface area (Å²) in [6, 6.07) is 11.5. The van der Waals surface area contributed by atoms with Gasteiger partial charge in [-0.15, -0.1) is 0 Å². The zero-order valence-electron chi connectivity index (χ0n) is 14.4. The van der Waals surface area contributed by atoms with E-state index in [2.05, 4.69) is 0 Å². The second-order valence-electron chi connectivity index (χ2n) is 7.17. The van der Waals surface area contributed by atoms with E-state index in [4.69, 9.17) is 28.4 Å². The molecule has 140 valence electrons. The monoisotopic (exact) mass is 370 g/mol. The van der Waals surface area contributed by atoms with Crippen LogP contribution in [0.1, 0.15) is 23.3 Å². The molecule has 4 heterocycles. The van der Waals surface area contributed by atoms with E-state index in [1.807, 2.05) is 36.4 Å². The van der Waals surface area contributed by atoms with Crippen molar-refractivity contribution in [3.05, 3.63) is 47.5 Å². The Kier molecular flexibility index (Phi) is 3.32. The van der Waals surface area contributed by atoms with Gasteiger partial charge in [0, 0.05) is 11.8 Å². The molecule has 4 aliphatic rings. The van der Waals surface area contributed by atoms with Gasteiger partial charge in [-0.05, 0) is 35.4 Å². The molecule has 2 fully saturated rings. The van der Waals surface area contributed by atoms with Crippen LogP contribution in [0.3, 0.4) is 0 Å². The molecule has 0 spiro atoms. The molecule has 5 atom stereocenters. The third kappa shape index (κ3) is 2.32. The van der Waals surface area contributed by atoms with Crippen molar-refractivity contribution in [1.29, 1.82) is 0 Å². The van der Waals surface area contributed by atoms with Crippen LogP contribution >= 0.6 is 0 Å². The Bertz CT molecular complexity index is 842. The Labute approximate surface area is 155 Å². The van der Waals surface area contributed by atoms with Crippen LogP contribution in [0.4, 0.5) is 0 Å². The zero-order chi connectivity index (χ0) is 18.0. The Hall–Kier alpha value is -2.48. The van der Waals surface area contributed by atoms with Crippen LogP contribution in [-0.4, -0.2) is 31.6 Å². The van der Waals surface area contributed by atoms with E-state index in [-0.39, 0.29) is 37.6 Å². The predicted octanol–water partition coefficient (Wildman–Crippen LogP) is 2.54. The lowest BCUT2D eigenvalue weighted by Gasteiger charge is -2.20. The minimum Gasteiger partial charge on any atom is -0.454 e. The molecule has 0 unspecified atom stereocenters. The summed E-state index contributed by atoms with van der Waals surface area (Å²) in [5.74, 6) is 2.78. The number of aliphatic hydroxyl groups excluding tert-OH is 1. The van der Waals surface area contributed by atoms with Crippen molar-refractivity contribution in [2.45, 2.75) is 18.5 Å². The summed E-state index contributed by atoms with van der Waals surface area (Å²) < 4.78 is 33.7. The van der Waals surface area contributed by atoms with E-state index in [1.165, 1.54) is 0 Å². The van der Waals surface area contributed by atoms with E-state index in [0.717, 1.165) is 22.6 Å². The average Bonchev–Trinajstić information content (AvgIpc) is 3.45. The summed E-state index contributed by atoms with van der Waals surface area (Å²) in [5, 5.41) is 10.6. The molecule has 7 nitrogen and oxygen atoms in total. The first-order chi connectivity index (χ1) is 13.3. The maximum atomic E-state index is 10.6. The first-order valence-corrected chi connectivity index (χ1v) is 9.02. The Morgan fingerprint density at radius 1 is 0.741 bits per heavy atom. The number of hydrogen-bond acceptors (Lipinski definition) is 7. The average molecular weight is 370 g/mol. The highest BCUT2D eigenvalue weighted by atomic mass is 16.7. The molecule has 7 heteroatoms. The van der Waals surface area contributed by atoms with Gasteiger partial charge in [0.15, 0.2) is 29.3 Å². The molecular formula is C20H18O7. The van der Waals surface area contributed by atoms with Gasteiger partial charge >= 0.3 is 0 Å². The van der Waals surface area contributed by atoms with Crippen molar-refractivity contribution in [3.63, 3.8) is 0 Å². The smallest absolute Gasteiger partial charge is 0.231 e. The highest BCUT2D eigenvalue weighted by Gasteiger charge is 2.53. The molecule has 1 N–H and O–H groups in total. The highest BCUT2D eigenvalue weighted by molar-refractivity contribution is 5.47. The minimum absolute atomic E-state index is 0.0517. The number of benzene rings is 2. The molecule has 4 aliphatic heterocycles. The molecule has 0 saturated carbocycles. The Morgan fingerprint density at radius 3 is 2.00 bits per heavy atom. The van der Waals surface area contributed by atoms with Crippen molar-refractivity contribution < 1.29 is 33.5 Å². The summed E-state index contributed by atoms with van der Waals surface area (Å²) in [5.41, 5.74) is 1.92. The van der Waals surface area contributed by atoms with Crippen LogP contribution < -0.4 is 18.9 Å². The van der Waals surface area contributed by atoms with E-state index in [9.17, 15) is 5.11 Å². The van der Waals surface area contributed by atoms with E-state index in [1.54, 1.807) is 0 Å². The van der Waals surface area contributed by atoms with E-state index in [0.29, 0.717) is 18.1 Å². The zero-order valence-corrected chi connectivity index (χ0v) is 14.4. The van der Waals surface area contributed by atoms with Crippen LogP contribution in [0.15, 0.2) is 36.4 Å². The molecule has 2 saturated heterocycles. The third-order valence-corrected chi connectivity index (χ3v) is 5.77. The fourth-order valence-electron chi connectivity index (χ4n) is 4.48. The second kappa shape index (κ2) is 5.76. The third-order valence-electron chi connectivity index (χ3n) is 5.77. The number of aliphatic hydroxyl groups is 1. The van der Waals surface area contributed by atoms with Gasteiger partial charge < -0.3 is 33.5 Å². The lowest BCUT2D eigenvalue weighted by Crippen LogP contribution is -2.22. The van der Waals surface area contributed by atoms with Gasteiger partial charge in [0.05, 0.1) is 18.8 Å². The Balaban J connectivity index is 1.30. The van der Waals surface area contributed by atoms with Gasteiger partial charge in [0.1, 0.15) is 0 Å². The fraction of sp³-hybridized carbons (Fsp3) is 0.400. The van der Waals surface area contributed by atoms with E-state index < -0.39 is 6.29 Å². The van der Waals surface area contributed by atoms with Crippen molar-refractivity contribution >= 4 is 0 Å². The van der Waals surface area contributed by atoms with E-state index >= 15 is 0 Å². The SMILES string of the molecule is O[C@H]1O[C@@H](c2ccc3c(c2)OCO3)[C@@H]2CO[C@@H](c3ccc4c(c3)OCO4)[C@@H]21. The molecule has 0 aromatic heterocycles. The maximum absolute atomic E-state index is 10.6. The molecule has 0 bridgehead atoms. The quantitative estimate of drug-likeness (QED) is 0.871. The number of rotatable bonds is 2. The van der Waals surface area contributed by atoms with Gasteiger partial charge in [-0.3, -0.25) is 0 Å². The van der Waals surface area contributed by atoms with Crippen LogP contribution in [0.25, 0.3) is 0 Å². The molecule has 2 aromatic rings. The largest absolute Gasteiger partial charge is 0.454 e. The summed E-state index contributed by atoms with van der Waals surface area (Å²) in [4.78, 5) is 0. The van der Waals surface area contributed by atoms with Gasteiger partial charge in [0.25, 0.3) is 0 Å². The van der Waals surface area contributed by atoms with Crippen molar-refractivity contribution in [2.75, 3.05) is 20.2 Å². The lowest BCUT2D eigenvalue weighted by atomic mass is 9.84. The van der Waals surface area contributed by atoms with Crippen LogP contribution in [0.2, 0.25) is 0 Å². The molecule has 0 radical (unpaired) electrons. The minimum atomic E-state index is -0.900. The lowest BCUT2D eigenvalue weighted by molar-refractivity contribution is -0.134. The van der Waals surface area contributed by atoms with Gasteiger partial charge in [-0.1, -0.05) is 12.1 Å². The van der Waals surface area contributed by atoms with Gasteiger partial charge in [-0.25, -0.2) is 0 Å². The number of fused-ring (bicyclic) bond motifs is 3. The summed E-state index contributed by atoms with van der Waals surface area (Å²) in [7, 11) is 0. The van der Waals surface area contributed by atoms with Gasteiger partial charge in [0.2, 0.25) is 13.6 Å². The number of hydrogen-bond donors (Lipinski definition) is 1. The van der Waals surface area contributed by atoms with Crippen LogP contribution in [0.5, 0.6) is 23.0 Å². The standard InChI is InChI=1S/C20H18O7/c21-20-17-12(18(27-20)10-1-3-13-15(5-10)25-8-23-13)7-22-19(17)11-2-4-14-16(6-11)26-9-24-14/h1-6,12,17-21H,7-9H2/t12-,17-,18+,19+,20+/m1/s1. The summed E-state index contributed by atoms with van der Waals surface area (Å²) >= 11 is 0. The molecule has 27 heavy (non-hydrogen) atoms. The molecule has 0 aliphatic carbocycles. The topological polar surface area (TPSA) is 75.6 Å². The maximum Gasteiger partial charge on any atom is 0.231 e. The van der Waals surface area contributed by atoms with Crippen molar-refractivity contribution in [2.24, 2.45) is 11.8 Å². The first kappa shape index (κ1) is 15.6.